The van der Waals surface area contributed by atoms with Gasteiger partial charge in [0.05, 0.1) is 18.9 Å². The van der Waals surface area contributed by atoms with Crippen LogP contribution in [0.4, 0.5) is 0 Å². The molecule has 6 heteroatoms. The van der Waals surface area contributed by atoms with Crippen molar-refractivity contribution in [3.8, 4) is 6.07 Å². The third kappa shape index (κ3) is 3.75. The first kappa shape index (κ1) is 12.9. The predicted molar refractivity (Wildman–Crippen MR) is 50.1 cm³/mol. The molecule has 0 bridgehead atoms. The molecular weight excluding hydrogens is 206 g/mol. The Hall–Kier alpha value is -1.09. The Morgan fingerprint density at radius 1 is 1.57 bits per heavy atom. The first-order chi connectivity index (χ1) is 6.45. The van der Waals surface area contributed by atoms with Gasteiger partial charge in [-0.3, -0.25) is 4.79 Å². The quantitative estimate of drug-likeness (QED) is 0.489. The molecule has 0 aromatic rings. The van der Waals surface area contributed by atoms with Gasteiger partial charge in [-0.15, -0.1) is 0 Å². The van der Waals surface area contributed by atoms with E-state index in [9.17, 15) is 13.2 Å². The Labute approximate surface area is 83.6 Å². The summed E-state index contributed by atoms with van der Waals surface area (Å²) in [6.07, 6.45) is 0.424. The van der Waals surface area contributed by atoms with E-state index in [4.69, 9.17) is 5.26 Å². The maximum Gasteiger partial charge on any atom is 0.323 e. The lowest BCUT2D eigenvalue weighted by Crippen LogP contribution is -2.30. The maximum absolute atomic E-state index is 11.4. The van der Waals surface area contributed by atoms with Crippen LogP contribution in [-0.2, 0) is 19.4 Å². The molecule has 0 aliphatic rings. The van der Waals surface area contributed by atoms with Gasteiger partial charge in [0.2, 0.25) is 0 Å². The van der Waals surface area contributed by atoms with Gasteiger partial charge in [0.1, 0.15) is 0 Å². The van der Waals surface area contributed by atoms with Crippen molar-refractivity contribution in [1.82, 2.24) is 0 Å². The predicted octanol–water partition coefficient (Wildman–Crippen LogP) is 0.266. The summed E-state index contributed by atoms with van der Waals surface area (Å²) < 4.78 is 27.1. The minimum atomic E-state index is -3.47. The van der Waals surface area contributed by atoms with Crippen LogP contribution in [0.5, 0.6) is 0 Å². The van der Waals surface area contributed by atoms with Crippen molar-refractivity contribution in [2.45, 2.75) is 25.0 Å². The fourth-order valence-electron chi connectivity index (χ4n) is 0.842. The SMILES string of the molecule is COC(=O)C(C)S(=O)(=O)CCCC#N. The Balaban J connectivity index is 4.33. The van der Waals surface area contributed by atoms with Gasteiger partial charge >= 0.3 is 5.97 Å². The number of nitrogens with zero attached hydrogens (tertiary/aromatic N) is 1. The second kappa shape index (κ2) is 5.60. The highest BCUT2D eigenvalue weighted by Gasteiger charge is 2.27. The molecule has 0 aliphatic carbocycles. The molecule has 5 nitrogen and oxygen atoms in total. The number of hydrogen-bond acceptors (Lipinski definition) is 5. The number of esters is 1. The van der Waals surface area contributed by atoms with Gasteiger partial charge in [0.15, 0.2) is 15.1 Å². The number of unbranched alkanes of at least 4 members (excludes halogenated alkanes) is 1. The molecule has 0 aliphatic heterocycles. The van der Waals surface area contributed by atoms with E-state index in [0.29, 0.717) is 0 Å². The largest absolute Gasteiger partial charge is 0.468 e. The zero-order valence-electron chi connectivity index (χ0n) is 8.19. The number of sulfone groups is 1. The molecule has 1 atom stereocenters. The fourth-order valence-corrected chi connectivity index (χ4v) is 2.13. The van der Waals surface area contributed by atoms with Crippen LogP contribution in [0.1, 0.15) is 19.8 Å². The van der Waals surface area contributed by atoms with Crippen LogP contribution in [-0.4, -0.2) is 32.5 Å². The standard InChI is InChI=1S/C8H13NO4S/c1-7(8(10)13-2)14(11,12)6-4-3-5-9/h7H,3-4,6H2,1-2H3. The Morgan fingerprint density at radius 3 is 2.57 bits per heavy atom. The van der Waals surface area contributed by atoms with Crippen LogP contribution in [0.15, 0.2) is 0 Å². The van der Waals surface area contributed by atoms with E-state index in [1.165, 1.54) is 6.92 Å². The highest BCUT2D eigenvalue weighted by Crippen LogP contribution is 2.06. The summed E-state index contributed by atoms with van der Waals surface area (Å²) in [6.45, 7) is 1.29. The number of methoxy groups -OCH3 is 1. The Kier molecular flexibility index (Phi) is 5.16. The minimum absolute atomic E-state index is 0.156. The third-order valence-electron chi connectivity index (χ3n) is 1.79. The van der Waals surface area contributed by atoms with Crippen LogP contribution in [0.3, 0.4) is 0 Å². The van der Waals surface area contributed by atoms with Gasteiger partial charge in [-0.25, -0.2) is 8.42 Å². The molecule has 0 rings (SSSR count). The van der Waals surface area contributed by atoms with Crippen LogP contribution in [0, 0.1) is 11.3 Å². The zero-order chi connectivity index (χ0) is 11.2. The van der Waals surface area contributed by atoms with Gasteiger partial charge in [-0.1, -0.05) is 0 Å². The van der Waals surface area contributed by atoms with Gasteiger partial charge < -0.3 is 4.74 Å². The Bertz CT molecular complexity index is 328. The highest BCUT2D eigenvalue weighted by atomic mass is 32.2. The molecule has 80 valence electrons. The molecule has 0 saturated carbocycles. The van der Waals surface area contributed by atoms with Gasteiger partial charge in [-0.2, -0.15) is 5.26 Å². The van der Waals surface area contributed by atoms with Crippen molar-refractivity contribution in [3.05, 3.63) is 0 Å². The van der Waals surface area contributed by atoms with Crippen molar-refractivity contribution >= 4 is 15.8 Å². The van der Waals surface area contributed by atoms with E-state index in [2.05, 4.69) is 4.74 Å². The number of ether oxygens (including phenoxy) is 1. The molecule has 0 N–H and O–H groups in total. The molecule has 0 aromatic carbocycles. The lowest BCUT2D eigenvalue weighted by atomic mass is 10.4. The monoisotopic (exact) mass is 219 g/mol. The molecule has 14 heavy (non-hydrogen) atoms. The van der Waals surface area contributed by atoms with Gasteiger partial charge in [0.25, 0.3) is 0 Å². The normalized spacial score (nSPS) is 12.9. The lowest BCUT2D eigenvalue weighted by Gasteiger charge is -2.09. The topological polar surface area (TPSA) is 84.2 Å². The summed E-state index contributed by atoms with van der Waals surface area (Å²) in [6, 6.07) is 1.84. The van der Waals surface area contributed by atoms with Gasteiger partial charge in [-0.05, 0) is 13.3 Å². The molecule has 0 aromatic heterocycles. The van der Waals surface area contributed by atoms with E-state index in [0.717, 1.165) is 7.11 Å². The van der Waals surface area contributed by atoms with Crippen LogP contribution >= 0.6 is 0 Å². The third-order valence-corrected chi connectivity index (χ3v) is 3.92. The zero-order valence-corrected chi connectivity index (χ0v) is 9.00. The van der Waals surface area contributed by atoms with Crippen molar-refractivity contribution < 1.29 is 17.9 Å². The van der Waals surface area contributed by atoms with Crippen LogP contribution in [0.25, 0.3) is 0 Å². The second-order valence-corrected chi connectivity index (χ2v) is 5.24. The number of nitriles is 1. The average Bonchev–Trinajstić information content (AvgIpc) is 2.15. The van der Waals surface area contributed by atoms with E-state index in [1.54, 1.807) is 0 Å². The van der Waals surface area contributed by atoms with E-state index < -0.39 is 21.1 Å². The van der Waals surface area contributed by atoms with E-state index in [1.807, 2.05) is 6.07 Å². The van der Waals surface area contributed by atoms with Crippen molar-refractivity contribution in [1.29, 1.82) is 5.26 Å². The summed E-state index contributed by atoms with van der Waals surface area (Å²) in [4.78, 5) is 10.9. The second-order valence-electron chi connectivity index (χ2n) is 2.79. The highest BCUT2D eigenvalue weighted by molar-refractivity contribution is 7.92. The lowest BCUT2D eigenvalue weighted by molar-refractivity contribution is -0.139. The first-order valence-corrected chi connectivity index (χ1v) is 5.83. The summed E-state index contributed by atoms with van der Waals surface area (Å²) in [5.41, 5.74) is 0. The van der Waals surface area contributed by atoms with E-state index >= 15 is 0 Å². The van der Waals surface area contributed by atoms with Crippen LogP contribution in [0.2, 0.25) is 0 Å². The molecular formula is C8H13NO4S. The summed E-state index contributed by atoms with van der Waals surface area (Å²) in [5.74, 6) is -0.918. The maximum atomic E-state index is 11.4. The number of hydrogen-bond donors (Lipinski definition) is 0. The summed E-state index contributed by atoms with van der Waals surface area (Å²) >= 11 is 0. The summed E-state index contributed by atoms with van der Waals surface area (Å²) in [5, 5.41) is 7.07. The minimum Gasteiger partial charge on any atom is -0.468 e. The van der Waals surface area contributed by atoms with Gasteiger partial charge in [0, 0.05) is 6.42 Å². The molecule has 0 heterocycles. The number of carbonyl (C=O) groups excluding carboxylic acids is 1. The molecule has 0 spiro atoms. The summed E-state index contributed by atoms with van der Waals surface area (Å²) in [7, 11) is -2.33. The van der Waals surface area contributed by atoms with Crippen molar-refractivity contribution in [2.75, 3.05) is 12.9 Å². The molecule has 0 amide bonds. The van der Waals surface area contributed by atoms with Crippen LogP contribution < -0.4 is 0 Å². The smallest absolute Gasteiger partial charge is 0.323 e. The number of carbonyl (C=O) groups is 1. The van der Waals surface area contributed by atoms with E-state index in [-0.39, 0.29) is 18.6 Å². The average molecular weight is 219 g/mol. The molecule has 0 fully saturated rings. The molecule has 0 radical (unpaired) electrons. The van der Waals surface area contributed by atoms with Crippen molar-refractivity contribution in [2.24, 2.45) is 0 Å². The molecule has 0 saturated heterocycles. The first-order valence-electron chi connectivity index (χ1n) is 4.12. The molecule has 1 unspecified atom stereocenters. The fraction of sp³-hybridized carbons (Fsp3) is 0.750. The van der Waals surface area contributed by atoms with Crippen molar-refractivity contribution in [3.63, 3.8) is 0 Å². The number of rotatable bonds is 5. The Morgan fingerprint density at radius 2 is 2.14 bits per heavy atom.